The van der Waals surface area contributed by atoms with Gasteiger partial charge in [0.25, 0.3) is 0 Å². The lowest BCUT2D eigenvalue weighted by Gasteiger charge is -2.44. The third-order valence-corrected chi connectivity index (χ3v) is 6.84. The minimum Gasteiger partial charge on any atom is -0.385 e. The van der Waals surface area contributed by atoms with Crippen LogP contribution in [0.3, 0.4) is 0 Å². The third kappa shape index (κ3) is 8.08. The Hall–Kier alpha value is -3.36. The van der Waals surface area contributed by atoms with Crippen LogP contribution < -0.4 is 0 Å². The van der Waals surface area contributed by atoms with Crippen LogP contribution in [0.4, 0.5) is 0 Å². The number of benzene rings is 4. The van der Waals surface area contributed by atoms with Crippen LogP contribution in [0.1, 0.15) is 22.3 Å². The predicted molar refractivity (Wildman–Crippen MR) is 152 cm³/mol. The van der Waals surface area contributed by atoms with Gasteiger partial charge >= 0.3 is 0 Å². The van der Waals surface area contributed by atoms with Gasteiger partial charge in [0.15, 0.2) is 6.29 Å². The molecular weight excluding hydrogens is 504 g/mol. The van der Waals surface area contributed by atoms with Crippen molar-refractivity contribution < 1.29 is 28.8 Å². The molecule has 1 fully saturated rings. The Morgan fingerprint density at radius 3 is 1.38 bits per heavy atom. The molecule has 5 rings (SSSR count). The lowest BCUT2D eigenvalue weighted by Crippen LogP contribution is -2.61. The molecule has 0 radical (unpaired) electrons. The fourth-order valence-electron chi connectivity index (χ4n) is 4.71. The van der Waals surface area contributed by atoms with Crippen LogP contribution in [-0.4, -0.2) is 42.4 Å². The van der Waals surface area contributed by atoms with Gasteiger partial charge in [-0.3, -0.25) is 0 Å². The zero-order chi connectivity index (χ0) is 27.4. The summed E-state index contributed by atoms with van der Waals surface area (Å²) < 4.78 is 31.3. The summed E-state index contributed by atoms with van der Waals surface area (Å²) in [6.45, 7) is 1.63. The topological polar surface area (TPSA) is 66.4 Å². The second-order valence-corrected chi connectivity index (χ2v) is 9.85. The highest BCUT2D eigenvalue weighted by Gasteiger charge is 2.47. The highest BCUT2D eigenvalue weighted by atomic mass is 16.7. The number of ether oxygens (including phenoxy) is 5. The molecule has 0 amide bonds. The second-order valence-electron chi connectivity index (χ2n) is 9.85. The molecule has 0 saturated carbocycles. The van der Waals surface area contributed by atoms with Crippen LogP contribution in [0, 0.1) is 0 Å². The van der Waals surface area contributed by atoms with E-state index in [0.717, 1.165) is 22.3 Å². The Morgan fingerprint density at radius 2 is 0.900 bits per heavy atom. The second kappa shape index (κ2) is 14.9. The first-order chi connectivity index (χ1) is 19.8. The number of aliphatic hydroxyl groups excluding tert-OH is 1. The zero-order valence-corrected chi connectivity index (χ0v) is 22.5. The van der Waals surface area contributed by atoms with Crippen LogP contribution in [0.25, 0.3) is 0 Å². The maximum Gasteiger partial charge on any atom is 0.187 e. The first-order valence-electron chi connectivity index (χ1n) is 13.7. The first-order valence-corrected chi connectivity index (χ1v) is 13.7. The summed E-state index contributed by atoms with van der Waals surface area (Å²) >= 11 is 0. The van der Waals surface area contributed by atoms with E-state index >= 15 is 0 Å². The van der Waals surface area contributed by atoms with Crippen molar-refractivity contribution in [1.82, 2.24) is 0 Å². The van der Waals surface area contributed by atoms with Crippen LogP contribution in [0.2, 0.25) is 0 Å². The smallest absolute Gasteiger partial charge is 0.187 e. The van der Waals surface area contributed by atoms with E-state index in [2.05, 4.69) is 0 Å². The van der Waals surface area contributed by atoms with Gasteiger partial charge in [0.1, 0.15) is 24.4 Å². The Balaban J connectivity index is 1.34. The minimum absolute atomic E-state index is 0.247. The highest BCUT2D eigenvalue weighted by molar-refractivity contribution is 5.16. The van der Waals surface area contributed by atoms with Gasteiger partial charge in [-0.05, 0) is 22.3 Å². The van der Waals surface area contributed by atoms with E-state index in [1.807, 2.05) is 121 Å². The normalized spacial score (nSPS) is 22.7. The Morgan fingerprint density at radius 1 is 0.500 bits per heavy atom. The van der Waals surface area contributed by atoms with E-state index in [-0.39, 0.29) is 6.61 Å². The number of rotatable bonds is 13. The molecule has 1 aliphatic heterocycles. The molecule has 40 heavy (non-hydrogen) atoms. The van der Waals surface area contributed by atoms with Crippen LogP contribution >= 0.6 is 0 Å². The number of aliphatic hydroxyl groups is 1. The molecule has 5 atom stereocenters. The molecule has 0 spiro atoms. The molecule has 1 saturated heterocycles. The molecule has 1 heterocycles. The van der Waals surface area contributed by atoms with E-state index in [1.54, 1.807) is 0 Å². The van der Waals surface area contributed by atoms with Gasteiger partial charge in [-0.2, -0.15) is 0 Å². The van der Waals surface area contributed by atoms with Crippen molar-refractivity contribution in [3.05, 3.63) is 144 Å². The number of hydrogen-bond acceptors (Lipinski definition) is 6. The largest absolute Gasteiger partial charge is 0.385 e. The number of hydrogen-bond donors (Lipinski definition) is 1. The maximum atomic E-state index is 11.5. The van der Waals surface area contributed by atoms with Crippen molar-refractivity contribution in [2.75, 3.05) is 6.61 Å². The average Bonchev–Trinajstić information content (AvgIpc) is 3.01. The minimum atomic E-state index is -1.07. The van der Waals surface area contributed by atoms with Gasteiger partial charge in [-0.1, -0.05) is 121 Å². The van der Waals surface area contributed by atoms with E-state index in [1.165, 1.54) is 0 Å². The highest BCUT2D eigenvalue weighted by Crippen LogP contribution is 2.29. The lowest BCUT2D eigenvalue weighted by atomic mass is 9.98. The molecule has 0 unspecified atom stereocenters. The van der Waals surface area contributed by atoms with Gasteiger partial charge < -0.3 is 28.8 Å². The van der Waals surface area contributed by atoms with Crippen LogP contribution in [0.5, 0.6) is 0 Å². The van der Waals surface area contributed by atoms with Crippen molar-refractivity contribution >= 4 is 0 Å². The fourth-order valence-corrected chi connectivity index (χ4v) is 4.71. The van der Waals surface area contributed by atoms with E-state index in [0.29, 0.717) is 26.4 Å². The molecule has 0 aromatic heterocycles. The maximum absolute atomic E-state index is 11.5. The predicted octanol–water partition coefficient (Wildman–Crippen LogP) is 5.68. The standard InChI is InChI=1S/C34H36O6/c35-31-33(38-23-28-17-9-3-10-18-28)32(37-22-27-15-7-2-8-16-27)30(25-36-21-26-13-5-1-6-14-26)40-34(31)39-24-29-19-11-4-12-20-29/h1-20,30-35H,21-25H2/t30-,31-,32+,33-,34+/m1/s1. The average molecular weight is 541 g/mol. The van der Waals surface area contributed by atoms with E-state index < -0.39 is 30.7 Å². The summed E-state index contributed by atoms with van der Waals surface area (Å²) in [6, 6.07) is 39.6. The van der Waals surface area contributed by atoms with Gasteiger partial charge in [0.2, 0.25) is 0 Å². The Bertz CT molecular complexity index is 1200. The molecule has 0 aliphatic carbocycles. The summed E-state index contributed by atoms with van der Waals surface area (Å²) in [6.07, 6.45) is -3.81. The van der Waals surface area contributed by atoms with Crippen molar-refractivity contribution in [2.45, 2.75) is 57.1 Å². The molecular formula is C34H36O6. The van der Waals surface area contributed by atoms with Crippen molar-refractivity contribution in [3.8, 4) is 0 Å². The Labute approximate surface area is 236 Å². The first kappa shape index (κ1) is 28.2. The van der Waals surface area contributed by atoms with E-state index in [9.17, 15) is 5.11 Å². The summed E-state index contributed by atoms with van der Waals surface area (Å²) in [5.74, 6) is 0. The molecule has 208 valence electrons. The van der Waals surface area contributed by atoms with Crippen molar-refractivity contribution in [1.29, 1.82) is 0 Å². The lowest BCUT2D eigenvalue weighted by molar-refractivity contribution is -0.321. The van der Waals surface area contributed by atoms with Crippen molar-refractivity contribution in [2.24, 2.45) is 0 Å². The molecule has 6 heteroatoms. The molecule has 1 N–H and O–H groups in total. The molecule has 0 bridgehead atoms. The third-order valence-electron chi connectivity index (χ3n) is 6.84. The summed E-state index contributed by atoms with van der Waals surface area (Å²) in [5, 5.41) is 11.5. The van der Waals surface area contributed by atoms with Crippen molar-refractivity contribution in [3.63, 3.8) is 0 Å². The zero-order valence-electron chi connectivity index (χ0n) is 22.5. The molecule has 1 aliphatic rings. The van der Waals surface area contributed by atoms with Gasteiger partial charge in [0.05, 0.1) is 33.0 Å². The summed E-state index contributed by atoms with van der Waals surface area (Å²) in [4.78, 5) is 0. The van der Waals surface area contributed by atoms with Gasteiger partial charge in [0, 0.05) is 0 Å². The van der Waals surface area contributed by atoms with Crippen LogP contribution in [-0.2, 0) is 50.1 Å². The van der Waals surface area contributed by atoms with Crippen LogP contribution in [0.15, 0.2) is 121 Å². The van der Waals surface area contributed by atoms with Gasteiger partial charge in [-0.15, -0.1) is 0 Å². The summed E-state index contributed by atoms with van der Waals surface area (Å²) in [5.41, 5.74) is 4.07. The van der Waals surface area contributed by atoms with E-state index in [4.69, 9.17) is 23.7 Å². The monoisotopic (exact) mass is 540 g/mol. The molecule has 4 aromatic carbocycles. The van der Waals surface area contributed by atoms with Gasteiger partial charge in [-0.25, -0.2) is 0 Å². The fraction of sp³-hybridized carbons (Fsp3) is 0.294. The molecule has 6 nitrogen and oxygen atoms in total. The molecule has 4 aromatic rings. The summed E-state index contributed by atoms with van der Waals surface area (Å²) in [7, 11) is 0. The SMILES string of the molecule is O[C@H]1[C@@H](OCc2ccccc2)O[C@H](COCc2ccccc2)[C@H](OCc2ccccc2)[C@@H]1OCc1ccccc1. The Kier molecular flexibility index (Phi) is 10.5. The quantitative estimate of drug-likeness (QED) is 0.236.